The molecule has 2 nitrogen and oxygen atoms in total. The number of para-hydroxylation sites is 1. The van der Waals surface area contributed by atoms with Crippen LogP contribution in [0.3, 0.4) is 0 Å². The minimum atomic E-state index is 0.274. The summed E-state index contributed by atoms with van der Waals surface area (Å²) in [5.41, 5.74) is 3.91. The van der Waals surface area contributed by atoms with Crippen LogP contribution in [0, 0.1) is 5.92 Å². The molecule has 0 amide bonds. The van der Waals surface area contributed by atoms with Crippen LogP contribution >= 0.6 is 0 Å². The fraction of sp³-hybridized carbons (Fsp3) is 0.400. The molecular formula is C15H17NO. The van der Waals surface area contributed by atoms with E-state index >= 15 is 0 Å². The summed E-state index contributed by atoms with van der Waals surface area (Å²) < 4.78 is 0. The van der Waals surface area contributed by atoms with E-state index in [1.807, 2.05) is 6.08 Å². The van der Waals surface area contributed by atoms with E-state index in [0.717, 1.165) is 19.4 Å². The highest BCUT2D eigenvalue weighted by atomic mass is 16.1. The molecule has 1 aromatic carbocycles. The Balaban J connectivity index is 2.01. The van der Waals surface area contributed by atoms with Crippen molar-refractivity contribution in [2.75, 3.05) is 11.4 Å². The third-order valence-electron chi connectivity index (χ3n) is 3.65. The molecule has 0 radical (unpaired) electrons. The van der Waals surface area contributed by atoms with E-state index in [4.69, 9.17) is 0 Å². The lowest BCUT2D eigenvalue weighted by Crippen LogP contribution is -2.33. The minimum absolute atomic E-state index is 0.274. The summed E-state index contributed by atoms with van der Waals surface area (Å²) in [5, 5.41) is 0. The summed E-state index contributed by atoms with van der Waals surface area (Å²) in [7, 11) is 0. The molecule has 1 heterocycles. The molecule has 2 heteroatoms. The Kier molecular flexibility index (Phi) is 2.50. The van der Waals surface area contributed by atoms with Gasteiger partial charge in [0, 0.05) is 30.4 Å². The fourth-order valence-corrected chi connectivity index (χ4v) is 2.86. The van der Waals surface area contributed by atoms with Gasteiger partial charge in [-0.1, -0.05) is 25.1 Å². The van der Waals surface area contributed by atoms with Gasteiger partial charge in [0.05, 0.1) is 0 Å². The van der Waals surface area contributed by atoms with Gasteiger partial charge in [-0.25, -0.2) is 0 Å². The molecule has 0 saturated carbocycles. The van der Waals surface area contributed by atoms with Gasteiger partial charge in [-0.15, -0.1) is 0 Å². The maximum Gasteiger partial charge on any atom is 0.157 e. The molecule has 88 valence electrons. The molecule has 1 unspecified atom stereocenters. The van der Waals surface area contributed by atoms with Crippen molar-refractivity contribution in [3.05, 3.63) is 41.6 Å². The predicted molar refractivity (Wildman–Crippen MR) is 69.0 cm³/mol. The Labute approximate surface area is 102 Å². The predicted octanol–water partition coefficient (Wildman–Crippen LogP) is 2.93. The first kappa shape index (κ1) is 10.6. The number of hydrogen-bond donors (Lipinski definition) is 0. The molecule has 2 aliphatic rings. The topological polar surface area (TPSA) is 20.3 Å². The smallest absolute Gasteiger partial charge is 0.157 e. The van der Waals surface area contributed by atoms with Crippen LogP contribution < -0.4 is 4.90 Å². The van der Waals surface area contributed by atoms with Gasteiger partial charge >= 0.3 is 0 Å². The van der Waals surface area contributed by atoms with Crippen LogP contribution in [0.2, 0.25) is 0 Å². The van der Waals surface area contributed by atoms with Gasteiger partial charge in [-0.2, -0.15) is 0 Å². The number of hydrogen-bond acceptors (Lipinski definition) is 2. The van der Waals surface area contributed by atoms with Gasteiger partial charge < -0.3 is 4.90 Å². The Morgan fingerprint density at radius 1 is 1.24 bits per heavy atom. The molecule has 1 aliphatic heterocycles. The van der Waals surface area contributed by atoms with Crippen LogP contribution in [0.15, 0.2) is 36.0 Å². The number of fused-ring (bicyclic) bond motifs is 1. The number of carbonyl (C=O) groups excluding carboxylic acids is 1. The van der Waals surface area contributed by atoms with Crippen molar-refractivity contribution in [2.24, 2.45) is 5.92 Å². The van der Waals surface area contributed by atoms with Crippen LogP contribution in [-0.2, 0) is 11.2 Å². The van der Waals surface area contributed by atoms with Crippen molar-refractivity contribution in [1.29, 1.82) is 0 Å². The lowest BCUT2D eigenvalue weighted by atomic mass is 9.93. The number of rotatable bonds is 1. The summed E-state index contributed by atoms with van der Waals surface area (Å²) in [6, 6.07) is 8.56. The van der Waals surface area contributed by atoms with E-state index < -0.39 is 0 Å². The van der Waals surface area contributed by atoms with Crippen molar-refractivity contribution in [1.82, 2.24) is 0 Å². The van der Waals surface area contributed by atoms with Crippen LogP contribution in [0.25, 0.3) is 0 Å². The molecule has 0 fully saturated rings. The van der Waals surface area contributed by atoms with Crippen molar-refractivity contribution in [3.63, 3.8) is 0 Å². The average molecular weight is 227 g/mol. The summed E-state index contributed by atoms with van der Waals surface area (Å²) in [6.07, 6.45) is 4.56. The normalized spacial score (nSPS) is 23.6. The maximum absolute atomic E-state index is 11.4. The van der Waals surface area contributed by atoms with Crippen molar-refractivity contribution >= 4 is 11.5 Å². The number of anilines is 1. The number of nitrogens with zero attached hydrogens (tertiary/aromatic N) is 1. The zero-order valence-electron chi connectivity index (χ0n) is 10.1. The third-order valence-corrected chi connectivity index (χ3v) is 3.65. The Morgan fingerprint density at radius 2 is 2.06 bits per heavy atom. The molecular weight excluding hydrogens is 210 g/mol. The monoisotopic (exact) mass is 227 g/mol. The largest absolute Gasteiger partial charge is 0.344 e. The molecule has 1 atom stereocenters. The van der Waals surface area contributed by atoms with E-state index in [-0.39, 0.29) is 5.78 Å². The van der Waals surface area contributed by atoms with E-state index in [9.17, 15) is 4.79 Å². The van der Waals surface area contributed by atoms with Crippen molar-refractivity contribution in [3.8, 4) is 0 Å². The summed E-state index contributed by atoms with van der Waals surface area (Å²) >= 11 is 0. The Hall–Kier alpha value is -1.57. The van der Waals surface area contributed by atoms with Gasteiger partial charge in [0.2, 0.25) is 0 Å². The second-order valence-corrected chi connectivity index (χ2v) is 5.15. The Bertz CT molecular complexity index is 489. The third kappa shape index (κ3) is 1.88. The zero-order valence-corrected chi connectivity index (χ0v) is 10.1. The highest BCUT2D eigenvalue weighted by molar-refractivity contribution is 5.94. The molecule has 0 aromatic heterocycles. The number of benzene rings is 1. The van der Waals surface area contributed by atoms with Crippen LogP contribution in [0.1, 0.15) is 25.3 Å². The second-order valence-electron chi connectivity index (χ2n) is 5.15. The molecule has 0 saturated heterocycles. The highest BCUT2D eigenvalue weighted by Crippen LogP contribution is 2.34. The molecule has 3 rings (SSSR count). The minimum Gasteiger partial charge on any atom is -0.344 e. The van der Waals surface area contributed by atoms with Gasteiger partial charge in [0.25, 0.3) is 0 Å². The van der Waals surface area contributed by atoms with Gasteiger partial charge in [-0.3, -0.25) is 4.79 Å². The SMILES string of the molecule is CC1Cc2ccccc2N(C2=CC(=O)CC2)C1. The van der Waals surface area contributed by atoms with Crippen LogP contribution in [0.5, 0.6) is 0 Å². The molecule has 0 N–H and O–H groups in total. The fourth-order valence-electron chi connectivity index (χ4n) is 2.86. The molecule has 0 bridgehead atoms. The van der Waals surface area contributed by atoms with Crippen LogP contribution in [-0.4, -0.2) is 12.3 Å². The van der Waals surface area contributed by atoms with Gasteiger partial charge in [0.1, 0.15) is 0 Å². The first-order valence-electron chi connectivity index (χ1n) is 6.33. The first-order chi connectivity index (χ1) is 8.24. The highest BCUT2D eigenvalue weighted by Gasteiger charge is 2.26. The lowest BCUT2D eigenvalue weighted by molar-refractivity contribution is -0.114. The van der Waals surface area contributed by atoms with E-state index in [1.54, 1.807) is 0 Å². The quantitative estimate of drug-likeness (QED) is 0.735. The Morgan fingerprint density at radius 3 is 2.82 bits per heavy atom. The van der Waals surface area contributed by atoms with Crippen molar-refractivity contribution in [2.45, 2.75) is 26.2 Å². The number of allylic oxidation sites excluding steroid dienone is 2. The van der Waals surface area contributed by atoms with Crippen molar-refractivity contribution < 1.29 is 4.79 Å². The average Bonchev–Trinajstić information content (AvgIpc) is 2.74. The lowest BCUT2D eigenvalue weighted by Gasteiger charge is -2.35. The number of carbonyl (C=O) groups is 1. The molecule has 0 spiro atoms. The van der Waals surface area contributed by atoms with E-state index in [2.05, 4.69) is 36.1 Å². The molecule has 1 aromatic rings. The zero-order chi connectivity index (χ0) is 11.8. The standard InChI is InChI=1S/C15H17NO/c1-11-8-12-4-2-3-5-15(12)16(10-11)13-6-7-14(17)9-13/h2-5,9,11H,6-8,10H2,1H3. The molecule has 17 heavy (non-hydrogen) atoms. The van der Waals surface area contributed by atoms with E-state index in [1.165, 1.54) is 16.9 Å². The van der Waals surface area contributed by atoms with Crippen LogP contribution in [0.4, 0.5) is 5.69 Å². The van der Waals surface area contributed by atoms with Gasteiger partial charge in [-0.05, 0) is 30.4 Å². The maximum atomic E-state index is 11.4. The summed E-state index contributed by atoms with van der Waals surface area (Å²) in [5.74, 6) is 0.928. The molecule has 1 aliphatic carbocycles. The first-order valence-corrected chi connectivity index (χ1v) is 6.33. The van der Waals surface area contributed by atoms with E-state index in [0.29, 0.717) is 12.3 Å². The van der Waals surface area contributed by atoms with Gasteiger partial charge in [0.15, 0.2) is 5.78 Å². The summed E-state index contributed by atoms with van der Waals surface area (Å²) in [4.78, 5) is 13.7. The summed E-state index contributed by atoms with van der Waals surface area (Å²) in [6.45, 7) is 3.32. The second kappa shape index (κ2) is 4.02. The number of ketones is 1.